The van der Waals surface area contributed by atoms with Crippen LogP contribution in [-0.2, 0) is 0 Å². The van der Waals surface area contributed by atoms with Gasteiger partial charge in [-0.3, -0.25) is 0 Å². The fourth-order valence-electron chi connectivity index (χ4n) is 0. The smallest absolute Gasteiger partial charge is 0.870 e. The van der Waals surface area contributed by atoms with Crippen LogP contribution in [0, 0.1) is 0 Å². The summed E-state index contributed by atoms with van der Waals surface area (Å²) in [5.74, 6) is 0. The second kappa shape index (κ2) is 16.1. The van der Waals surface area contributed by atoms with Gasteiger partial charge in [-0.2, -0.15) is 0 Å². The van der Waals surface area contributed by atoms with Crippen LogP contribution >= 0.6 is 0 Å². The molecule has 0 aliphatic heterocycles. The van der Waals surface area contributed by atoms with Crippen LogP contribution in [0.4, 0.5) is 0 Å². The van der Waals surface area contributed by atoms with Crippen LogP contribution < -0.4 is 18.9 Å². The molecule has 7 heteroatoms. The van der Waals surface area contributed by atoms with E-state index in [1.165, 1.54) is 0 Å². The topological polar surface area (TPSA) is 122 Å². The Hall–Kier alpha value is 0.462. The van der Waals surface area contributed by atoms with Gasteiger partial charge < -0.3 is 26.0 Å². The summed E-state index contributed by atoms with van der Waals surface area (Å²) < 4.78 is 0. The molecule has 6 N–H and O–H groups in total. The molecule has 0 aliphatic rings. The summed E-state index contributed by atoms with van der Waals surface area (Å²) >= 11 is 0. The Morgan fingerprint density at radius 3 is 1.00 bits per heavy atom. The monoisotopic (exact) mass is 104 g/mol. The summed E-state index contributed by atoms with van der Waals surface area (Å²) in [5, 5.41) is 21.5. The van der Waals surface area contributed by atoms with Crippen LogP contribution in [0.2, 0.25) is 0 Å². The molecule has 0 aliphatic carbocycles. The van der Waals surface area contributed by atoms with Crippen molar-refractivity contribution in [3.05, 3.63) is 0 Å². The van der Waals surface area contributed by atoms with Crippen molar-refractivity contribution >= 4 is 7.32 Å². The summed E-state index contributed by atoms with van der Waals surface area (Å²) in [7, 11) is -2.17. The Bertz CT molecular complexity index is 12.8. The number of hydrogen-bond donors (Lipinski definition) is 3. The van der Waals surface area contributed by atoms with Crippen molar-refractivity contribution in [3.63, 3.8) is 0 Å². The maximum atomic E-state index is 7.17. The predicted molar refractivity (Wildman–Crippen MR) is 18.0 cm³/mol. The third-order valence-corrected chi connectivity index (χ3v) is 0. The van der Waals surface area contributed by atoms with E-state index in [9.17, 15) is 0 Å². The van der Waals surface area contributed by atoms with Gasteiger partial charge in [-0.15, -0.1) is 0 Å². The zero-order chi connectivity index (χ0) is 3.58. The first-order chi connectivity index (χ1) is 1.73. The van der Waals surface area contributed by atoms with Crippen LogP contribution in [0.15, 0.2) is 0 Å². The Morgan fingerprint density at radius 2 is 1.00 bits per heavy atom. The molecule has 0 fully saturated rings. The van der Waals surface area contributed by atoms with Gasteiger partial charge in [0, 0.05) is 0 Å². The average Bonchev–Trinajstić information content (AvgIpc) is 0.811. The van der Waals surface area contributed by atoms with Gasteiger partial charge in [0.1, 0.15) is 0 Å². The van der Waals surface area contributed by atoms with Crippen molar-refractivity contribution < 1.29 is 44.9 Å². The molecule has 0 spiro atoms. The molecular weight excluding hydrogens is 97.7 g/mol. The van der Waals surface area contributed by atoms with Gasteiger partial charge in [0.15, 0.2) is 0 Å². The molecule has 0 rings (SSSR count). The van der Waals surface area contributed by atoms with E-state index in [0.29, 0.717) is 0 Å². The normalized spacial score (nSPS) is 3.86. The molecule has 0 atom stereocenters. The van der Waals surface area contributed by atoms with Crippen molar-refractivity contribution in [2.75, 3.05) is 0 Å². The first-order valence-corrected chi connectivity index (χ1v) is 0.775. The molecule has 0 saturated carbocycles. The molecule has 40 valence electrons. The van der Waals surface area contributed by atoms with Crippen LogP contribution in [0.25, 0.3) is 0 Å². The maximum absolute atomic E-state index is 7.17. The minimum Gasteiger partial charge on any atom is -0.870 e. The summed E-state index contributed by atoms with van der Waals surface area (Å²) in [6, 6.07) is 0. The van der Waals surface area contributed by atoms with Crippen molar-refractivity contribution in [2.24, 2.45) is 0 Å². The Balaban J connectivity index is -0.0000000150. The summed E-state index contributed by atoms with van der Waals surface area (Å²) in [4.78, 5) is 0. The Morgan fingerprint density at radius 1 is 1.00 bits per heavy atom. The zero-order valence-corrected chi connectivity index (χ0v) is 3.87. The molecule has 0 unspecified atom stereocenters. The van der Waals surface area contributed by atoms with Gasteiger partial charge >= 0.3 is 26.2 Å². The summed E-state index contributed by atoms with van der Waals surface area (Å²) in [6.07, 6.45) is 0. The van der Waals surface area contributed by atoms with Gasteiger partial charge in [0.05, 0.1) is 0 Å². The first-order valence-electron chi connectivity index (χ1n) is 0.775. The number of hydrogen-bond acceptors (Lipinski definition) is 4. The van der Waals surface area contributed by atoms with E-state index in [1.54, 1.807) is 0 Å². The van der Waals surface area contributed by atoms with Crippen LogP contribution in [-0.4, -0.2) is 33.3 Å². The molecule has 0 bridgehead atoms. The van der Waals surface area contributed by atoms with E-state index in [-0.39, 0.29) is 29.8 Å². The molecule has 0 radical (unpaired) electrons. The number of rotatable bonds is 0. The van der Waals surface area contributed by atoms with Crippen molar-refractivity contribution in [1.82, 2.24) is 0 Å². The first kappa shape index (κ1) is 26.0. The zero-order valence-electron chi connectivity index (χ0n) is 3.87. The molecule has 7 heavy (non-hydrogen) atoms. The van der Waals surface area contributed by atoms with Gasteiger partial charge in [-0.25, -0.2) is 0 Å². The molecule has 5 nitrogen and oxygen atoms in total. The molecule has 0 aromatic rings. The van der Waals surface area contributed by atoms with Gasteiger partial charge in [-0.1, -0.05) is 0 Å². The Labute approximate surface area is 52.9 Å². The SMILES string of the molecule is O.OB(O)O.[Li+].[OH-]. The van der Waals surface area contributed by atoms with E-state index in [2.05, 4.69) is 0 Å². The molecule has 0 aromatic heterocycles. The fourth-order valence-corrected chi connectivity index (χ4v) is 0. The standard InChI is InChI=1S/BH3O3.Li.2H2O/c2-1(3)4;;;/h2-4H;;2*1H2/q;+1;;/p-1. The largest absolute Gasteiger partial charge is 1.00 e. The molecular formula is H6BLiO5. The molecule has 0 aromatic carbocycles. The maximum Gasteiger partial charge on any atom is 1.00 e. The third kappa shape index (κ3) is 602. The summed E-state index contributed by atoms with van der Waals surface area (Å²) in [5.41, 5.74) is 0. The van der Waals surface area contributed by atoms with Crippen molar-refractivity contribution in [1.29, 1.82) is 0 Å². The van der Waals surface area contributed by atoms with Gasteiger partial charge in [0.25, 0.3) is 0 Å². The molecule has 0 amide bonds. The molecule has 0 saturated heterocycles. The minimum atomic E-state index is -2.17. The minimum absolute atomic E-state index is 0. The summed E-state index contributed by atoms with van der Waals surface area (Å²) in [6.45, 7) is 0. The fraction of sp³-hybridized carbons (Fsp3) is 0. The quantitative estimate of drug-likeness (QED) is 0.264. The van der Waals surface area contributed by atoms with Crippen LogP contribution in [0.5, 0.6) is 0 Å². The van der Waals surface area contributed by atoms with E-state index < -0.39 is 7.32 Å². The van der Waals surface area contributed by atoms with E-state index in [4.69, 9.17) is 15.1 Å². The third-order valence-electron chi connectivity index (χ3n) is 0. The van der Waals surface area contributed by atoms with E-state index in [0.717, 1.165) is 0 Å². The average molecular weight is 104 g/mol. The predicted octanol–water partition coefficient (Wildman–Crippen LogP) is -6.05. The van der Waals surface area contributed by atoms with Crippen LogP contribution in [0.1, 0.15) is 0 Å². The van der Waals surface area contributed by atoms with Gasteiger partial charge in [0.2, 0.25) is 0 Å². The van der Waals surface area contributed by atoms with E-state index >= 15 is 0 Å². The van der Waals surface area contributed by atoms with E-state index in [1.807, 2.05) is 0 Å². The van der Waals surface area contributed by atoms with Crippen LogP contribution in [0.3, 0.4) is 0 Å². The second-order valence-corrected chi connectivity index (χ2v) is 0.346. The second-order valence-electron chi connectivity index (χ2n) is 0.346. The van der Waals surface area contributed by atoms with Crippen molar-refractivity contribution in [2.45, 2.75) is 0 Å². The van der Waals surface area contributed by atoms with Crippen molar-refractivity contribution in [3.8, 4) is 0 Å². The Kier molecular flexibility index (Phi) is 59.7. The van der Waals surface area contributed by atoms with Gasteiger partial charge in [-0.05, 0) is 0 Å². The molecule has 0 heterocycles.